The molecule has 0 spiro atoms. The van der Waals surface area contributed by atoms with Crippen molar-refractivity contribution in [3.8, 4) is 5.75 Å². The molecule has 1 aliphatic heterocycles. The molecule has 2 aromatic rings. The molecule has 0 unspecified atom stereocenters. The van der Waals surface area contributed by atoms with Crippen LogP contribution >= 0.6 is 11.6 Å². The number of aliphatic hydroxyl groups is 1. The maximum absolute atomic E-state index is 12.2. The lowest BCUT2D eigenvalue weighted by atomic mass is 10.0. The lowest BCUT2D eigenvalue weighted by Crippen LogP contribution is -2.53. The van der Waals surface area contributed by atoms with E-state index in [1.165, 1.54) is 6.20 Å². The summed E-state index contributed by atoms with van der Waals surface area (Å²) in [5, 5.41) is 13.9. The van der Waals surface area contributed by atoms with Crippen LogP contribution in [0.2, 0.25) is 5.02 Å². The molecule has 1 aromatic heterocycles. The zero-order chi connectivity index (χ0) is 18.5. The van der Waals surface area contributed by atoms with Crippen molar-refractivity contribution < 1.29 is 14.6 Å². The van der Waals surface area contributed by atoms with Gasteiger partial charge in [-0.2, -0.15) is 0 Å². The van der Waals surface area contributed by atoms with Gasteiger partial charge < -0.3 is 15.2 Å². The Morgan fingerprint density at radius 2 is 2.31 bits per heavy atom. The van der Waals surface area contributed by atoms with E-state index in [9.17, 15) is 9.90 Å². The van der Waals surface area contributed by atoms with Crippen LogP contribution in [0.3, 0.4) is 0 Å². The van der Waals surface area contributed by atoms with Gasteiger partial charge >= 0.3 is 0 Å². The first-order chi connectivity index (χ1) is 12.6. The van der Waals surface area contributed by atoms with Gasteiger partial charge in [0, 0.05) is 32.0 Å². The zero-order valence-corrected chi connectivity index (χ0v) is 15.3. The average molecular weight is 376 g/mol. The van der Waals surface area contributed by atoms with E-state index in [0.717, 1.165) is 12.1 Å². The Morgan fingerprint density at radius 3 is 2.96 bits per heavy atom. The quantitative estimate of drug-likeness (QED) is 0.837. The molecule has 2 N–H and O–H groups in total. The monoisotopic (exact) mass is 375 g/mol. The van der Waals surface area contributed by atoms with Crippen LogP contribution in [0, 0.1) is 0 Å². The maximum atomic E-state index is 12.2. The number of hydrogen-bond donors (Lipinski definition) is 2. The van der Waals surface area contributed by atoms with Crippen LogP contribution in [0.15, 0.2) is 42.7 Å². The second kappa shape index (κ2) is 8.49. The number of benzene rings is 1. The SMILES string of the molecule is COc1ccc(CN2CC[C@H](NC(=O)c3cccnc3)[C@@H](O)C2)cc1Cl. The summed E-state index contributed by atoms with van der Waals surface area (Å²) in [6.07, 6.45) is 3.19. The molecule has 0 saturated carbocycles. The Kier molecular flexibility index (Phi) is 6.08. The number of ether oxygens (including phenoxy) is 1. The number of likely N-dealkylation sites (tertiary alicyclic amines) is 1. The van der Waals surface area contributed by atoms with Gasteiger partial charge in [0.1, 0.15) is 5.75 Å². The summed E-state index contributed by atoms with van der Waals surface area (Å²) in [7, 11) is 1.59. The van der Waals surface area contributed by atoms with Gasteiger partial charge in [0.25, 0.3) is 5.91 Å². The molecule has 0 aliphatic carbocycles. The largest absolute Gasteiger partial charge is 0.495 e. The molecule has 138 valence electrons. The van der Waals surface area contributed by atoms with Gasteiger partial charge in [0.05, 0.1) is 29.8 Å². The number of aromatic nitrogens is 1. The molecule has 1 saturated heterocycles. The molecule has 3 rings (SSSR count). The number of nitrogens with one attached hydrogen (secondary N) is 1. The number of methoxy groups -OCH3 is 1. The molecule has 0 radical (unpaired) electrons. The zero-order valence-electron chi connectivity index (χ0n) is 14.6. The lowest BCUT2D eigenvalue weighted by molar-refractivity contribution is 0.0349. The van der Waals surface area contributed by atoms with Crippen LogP contribution in [-0.2, 0) is 6.54 Å². The van der Waals surface area contributed by atoms with Gasteiger partial charge in [0.15, 0.2) is 0 Å². The molecule has 1 aliphatic rings. The minimum atomic E-state index is -0.627. The summed E-state index contributed by atoms with van der Waals surface area (Å²) in [4.78, 5) is 18.3. The van der Waals surface area contributed by atoms with Crippen LogP contribution in [-0.4, -0.2) is 53.2 Å². The highest BCUT2D eigenvalue weighted by Crippen LogP contribution is 2.26. The van der Waals surface area contributed by atoms with Crippen molar-refractivity contribution in [2.75, 3.05) is 20.2 Å². The maximum Gasteiger partial charge on any atom is 0.253 e. The summed E-state index contributed by atoms with van der Waals surface area (Å²) >= 11 is 6.17. The Labute approximate surface area is 157 Å². The molecule has 1 aromatic carbocycles. The topological polar surface area (TPSA) is 74.7 Å². The molecule has 2 heterocycles. The standard InChI is InChI=1S/C19H22ClN3O3/c1-26-18-5-4-13(9-15(18)20)11-23-8-6-16(17(24)12-23)22-19(25)14-3-2-7-21-10-14/h2-5,7,9-10,16-17,24H,6,8,11-12H2,1H3,(H,22,25)/t16-,17-/m0/s1. The average Bonchev–Trinajstić information content (AvgIpc) is 2.65. The highest BCUT2D eigenvalue weighted by atomic mass is 35.5. The number of amides is 1. The minimum Gasteiger partial charge on any atom is -0.495 e. The Morgan fingerprint density at radius 1 is 1.46 bits per heavy atom. The Balaban J connectivity index is 1.55. The van der Waals surface area contributed by atoms with Crippen molar-refractivity contribution >= 4 is 17.5 Å². The second-order valence-electron chi connectivity index (χ2n) is 6.38. The number of piperidine rings is 1. The number of halogens is 1. The lowest BCUT2D eigenvalue weighted by Gasteiger charge is -2.36. The molecule has 26 heavy (non-hydrogen) atoms. The van der Waals surface area contributed by atoms with Crippen LogP contribution in [0.1, 0.15) is 22.3 Å². The van der Waals surface area contributed by atoms with Crippen molar-refractivity contribution in [2.24, 2.45) is 0 Å². The van der Waals surface area contributed by atoms with Gasteiger partial charge in [-0.05, 0) is 36.2 Å². The summed E-state index contributed by atoms with van der Waals surface area (Å²) in [5.41, 5.74) is 1.55. The molecular weight excluding hydrogens is 354 g/mol. The second-order valence-corrected chi connectivity index (χ2v) is 6.79. The third kappa shape index (κ3) is 4.52. The molecule has 1 fully saturated rings. The molecule has 0 bridgehead atoms. The predicted molar refractivity (Wildman–Crippen MR) is 99.4 cm³/mol. The van der Waals surface area contributed by atoms with E-state index in [-0.39, 0.29) is 11.9 Å². The smallest absolute Gasteiger partial charge is 0.253 e. The highest BCUT2D eigenvalue weighted by Gasteiger charge is 2.29. The number of nitrogens with zero attached hydrogens (tertiary/aromatic N) is 2. The van der Waals surface area contributed by atoms with Gasteiger partial charge in [-0.3, -0.25) is 14.7 Å². The number of β-amino-alcohol motifs (C(OH)–C–C–N with tert-alkyl or cyclic N) is 1. The van der Waals surface area contributed by atoms with Gasteiger partial charge in [-0.1, -0.05) is 17.7 Å². The number of pyridine rings is 1. The molecular formula is C19H22ClN3O3. The van der Waals surface area contributed by atoms with Crippen molar-refractivity contribution in [3.63, 3.8) is 0 Å². The Hall–Kier alpha value is -2.15. The molecule has 2 atom stereocenters. The summed E-state index contributed by atoms with van der Waals surface area (Å²) < 4.78 is 5.16. The van der Waals surface area contributed by atoms with E-state index in [4.69, 9.17) is 16.3 Å². The van der Waals surface area contributed by atoms with Crippen molar-refractivity contribution in [2.45, 2.75) is 25.1 Å². The first-order valence-corrected chi connectivity index (χ1v) is 8.88. The molecule has 7 heteroatoms. The summed E-state index contributed by atoms with van der Waals surface area (Å²) in [5.74, 6) is 0.435. The fourth-order valence-corrected chi connectivity index (χ4v) is 3.40. The third-order valence-corrected chi connectivity index (χ3v) is 4.82. The van der Waals surface area contributed by atoms with Crippen molar-refractivity contribution in [1.82, 2.24) is 15.2 Å². The first kappa shape index (κ1) is 18.6. The van der Waals surface area contributed by atoms with Crippen LogP contribution < -0.4 is 10.1 Å². The number of carbonyl (C=O) groups excluding carboxylic acids is 1. The first-order valence-electron chi connectivity index (χ1n) is 8.50. The normalized spacial score (nSPS) is 20.6. The van der Waals surface area contributed by atoms with Crippen molar-refractivity contribution in [3.05, 3.63) is 58.9 Å². The molecule has 6 nitrogen and oxygen atoms in total. The van der Waals surface area contributed by atoms with E-state index < -0.39 is 6.10 Å². The fourth-order valence-electron chi connectivity index (χ4n) is 3.12. The predicted octanol–water partition coefficient (Wildman–Crippen LogP) is 2.11. The molecule has 1 amide bonds. The van der Waals surface area contributed by atoms with E-state index in [2.05, 4.69) is 15.2 Å². The number of aliphatic hydroxyl groups excluding tert-OH is 1. The number of rotatable bonds is 5. The van der Waals surface area contributed by atoms with Gasteiger partial charge in [-0.15, -0.1) is 0 Å². The van der Waals surface area contributed by atoms with E-state index in [1.807, 2.05) is 18.2 Å². The minimum absolute atomic E-state index is 0.211. The van der Waals surface area contributed by atoms with Crippen LogP contribution in [0.25, 0.3) is 0 Å². The fraction of sp³-hybridized carbons (Fsp3) is 0.368. The van der Waals surface area contributed by atoms with Crippen molar-refractivity contribution in [1.29, 1.82) is 0 Å². The van der Waals surface area contributed by atoms with E-state index in [1.54, 1.807) is 25.4 Å². The number of hydrogen-bond acceptors (Lipinski definition) is 5. The van der Waals surface area contributed by atoms with Gasteiger partial charge in [-0.25, -0.2) is 0 Å². The summed E-state index contributed by atoms with van der Waals surface area (Å²) in [6, 6.07) is 8.84. The third-order valence-electron chi connectivity index (χ3n) is 4.53. The van der Waals surface area contributed by atoms with E-state index in [0.29, 0.717) is 35.8 Å². The number of carbonyl (C=O) groups is 1. The highest BCUT2D eigenvalue weighted by molar-refractivity contribution is 6.32. The summed E-state index contributed by atoms with van der Waals surface area (Å²) in [6.45, 7) is 1.95. The Bertz CT molecular complexity index is 757. The van der Waals surface area contributed by atoms with Crippen LogP contribution in [0.4, 0.5) is 0 Å². The van der Waals surface area contributed by atoms with Crippen LogP contribution in [0.5, 0.6) is 5.75 Å². The van der Waals surface area contributed by atoms with E-state index >= 15 is 0 Å². The van der Waals surface area contributed by atoms with Gasteiger partial charge in [0.2, 0.25) is 0 Å².